The molecule has 2 fully saturated rings. The lowest BCUT2D eigenvalue weighted by Crippen LogP contribution is -2.64. The first kappa shape index (κ1) is 36.5. The lowest BCUT2D eigenvalue weighted by atomic mass is 9.61. The number of aryl methyl sites for hydroxylation is 1. The number of hydrogen-bond donors (Lipinski definition) is 5. The second kappa shape index (κ2) is 15.0. The van der Waals surface area contributed by atoms with E-state index < -0.39 is 11.6 Å². The molecule has 0 radical (unpaired) electrons. The zero-order valence-corrected chi connectivity index (χ0v) is 31.9. The zero-order chi connectivity index (χ0) is 37.5. The molecule has 8 rings (SSSR count). The number of aromatic amines is 1. The van der Waals surface area contributed by atoms with Crippen LogP contribution in [0.4, 0.5) is 11.4 Å². The van der Waals surface area contributed by atoms with Gasteiger partial charge in [-0.25, -0.2) is 10.6 Å². The minimum absolute atomic E-state index is 0.101. The number of H-pyrrole nitrogens is 1. The van der Waals surface area contributed by atoms with E-state index in [-0.39, 0.29) is 17.1 Å². The number of ether oxygens (including phenoxy) is 3. The third kappa shape index (κ3) is 6.98. The van der Waals surface area contributed by atoms with E-state index in [9.17, 15) is 14.7 Å². The molecule has 5 aromatic rings. The molecule has 54 heavy (non-hydrogen) atoms. The van der Waals surface area contributed by atoms with E-state index in [1.807, 2.05) is 48.0 Å². The largest absolute Gasteiger partial charge is 0.486 e. The molecule has 1 spiro atoms. The van der Waals surface area contributed by atoms with Gasteiger partial charge in [-0.1, -0.05) is 24.3 Å². The molecule has 14 heteroatoms. The van der Waals surface area contributed by atoms with Gasteiger partial charge < -0.3 is 45.3 Å². The molecule has 5 heterocycles. The predicted octanol–water partition coefficient (Wildman–Crippen LogP) is 4.66. The van der Waals surface area contributed by atoms with Gasteiger partial charge in [0.05, 0.1) is 21.0 Å². The number of nitrogens with zero attached hydrogens (tertiary/aromatic N) is 2. The first-order valence-corrected chi connectivity index (χ1v) is 20.2. The Morgan fingerprint density at radius 2 is 1.80 bits per heavy atom. The molecule has 0 unspecified atom stereocenters. The smallest absolute Gasteiger partial charge is 0.349 e. The number of benzene rings is 2. The monoisotopic (exact) mass is 770 g/mol. The normalized spacial score (nSPS) is 16.6. The number of nitrogen functional groups attached to an aromatic ring is 1. The first-order chi connectivity index (χ1) is 26.1. The molecule has 3 aromatic heterocycles. The van der Waals surface area contributed by atoms with Crippen LogP contribution in [0.25, 0.3) is 10.9 Å². The van der Waals surface area contributed by atoms with Crippen LogP contribution < -0.4 is 36.9 Å². The molecule has 2 aromatic carbocycles. The van der Waals surface area contributed by atoms with Crippen molar-refractivity contribution < 1.29 is 24.1 Å². The number of thiophene rings is 2. The van der Waals surface area contributed by atoms with Crippen molar-refractivity contribution in [1.82, 2.24) is 15.2 Å². The fourth-order valence-corrected chi connectivity index (χ4v) is 9.96. The van der Waals surface area contributed by atoms with Gasteiger partial charge in [0.1, 0.15) is 25.0 Å². The summed E-state index contributed by atoms with van der Waals surface area (Å²) < 4.78 is 18.1. The topological polar surface area (TPSA) is 168 Å². The Morgan fingerprint density at radius 1 is 1.07 bits per heavy atom. The maximum absolute atomic E-state index is 13.3. The van der Waals surface area contributed by atoms with Gasteiger partial charge in [0.25, 0.3) is 0 Å². The fourth-order valence-electron chi connectivity index (χ4n) is 8.24. The number of likely N-dealkylation sites (tertiary alicyclic amines) is 1. The van der Waals surface area contributed by atoms with Crippen LogP contribution in [-0.2, 0) is 28.1 Å². The van der Waals surface area contributed by atoms with Crippen LogP contribution in [0.15, 0.2) is 70.2 Å². The third-order valence-corrected chi connectivity index (χ3v) is 12.9. The summed E-state index contributed by atoms with van der Waals surface area (Å²) in [7, 11) is 0. The van der Waals surface area contributed by atoms with Crippen LogP contribution in [0.1, 0.15) is 45.7 Å². The third-order valence-electron chi connectivity index (χ3n) is 10.9. The average Bonchev–Trinajstić information content (AvgIpc) is 3.88. The maximum Gasteiger partial charge on any atom is 0.349 e. The number of nitrogens with two attached hydrogens (primary N) is 2. The van der Waals surface area contributed by atoms with Crippen LogP contribution in [-0.4, -0.2) is 73.0 Å². The van der Waals surface area contributed by atoms with Gasteiger partial charge in [-0.05, 0) is 91.8 Å². The molecule has 1 saturated carbocycles. The number of nitrogens with one attached hydrogen (secondary N) is 2. The van der Waals surface area contributed by atoms with Crippen molar-refractivity contribution in [3.8, 4) is 11.5 Å². The molecule has 0 amide bonds. The summed E-state index contributed by atoms with van der Waals surface area (Å²) in [5, 5.41) is 21.5. The van der Waals surface area contributed by atoms with Gasteiger partial charge in [-0.15, -0.1) is 22.7 Å². The Balaban J connectivity index is 0.811. The highest BCUT2D eigenvalue weighted by Gasteiger charge is 2.55. The van der Waals surface area contributed by atoms with Gasteiger partial charge in [-0.2, -0.15) is 0 Å². The molecule has 3 aliphatic rings. The van der Waals surface area contributed by atoms with Gasteiger partial charge in [0.15, 0.2) is 11.5 Å². The van der Waals surface area contributed by atoms with Crippen LogP contribution >= 0.6 is 22.7 Å². The molecular formula is C40H46N6O6S2. The lowest BCUT2D eigenvalue weighted by Gasteiger charge is -2.58. The van der Waals surface area contributed by atoms with E-state index in [0.717, 1.165) is 79.5 Å². The minimum Gasteiger partial charge on any atom is -0.486 e. The molecular weight excluding hydrogens is 725 g/mol. The summed E-state index contributed by atoms with van der Waals surface area (Å²) >= 11 is 2.70. The Kier molecular flexibility index (Phi) is 10.2. The van der Waals surface area contributed by atoms with Gasteiger partial charge in [0, 0.05) is 48.6 Å². The number of anilines is 2. The SMILES string of the molecule is Cc1ccc(CCNCc2cc(N)c(N(N)CCCN3CC4(CC(OC(=O)C(O)(c5cccs5)c5cccs5)C4)C3)c3c2OCCO3)c2ccc(=O)[nH]c12. The molecule has 2 aliphatic heterocycles. The number of rotatable bonds is 14. The maximum atomic E-state index is 13.3. The number of aliphatic hydroxyl groups is 1. The number of pyridine rings is 1. The van der Waals surface area contributed by atoms with Gasteiger partial charge in [0.2, 0.25) is 11.2 Å². The highest BCUT2D eigenvalue weighted by atomic mass is 32.1. The van der Waals surface area contributed by atoms with Crippen molar-refractivity contribution in [2.45, 2.75) is 50.9 Å². The van der Waals surface area contributed by atoms with E-state index in [4.69, 9.17) is 25.8 Å². The van der Waals surface area contributed by atoms with E-state index in [1.54, 1.807) is 23.2 Å². The first-order valence-electron chi connectivity index (χ1n) is 18.4. The average molecular weight is 771 g/mol. The van der Waals surface area contributed by atoms with Crippen LogP contribution in [0, 0.1) is 12.3 Å². The molecule has 0 bridgehead atoms. The number of aromatic nitrogens is 1. The summed E-state index contributed by atoms with van der Waals surface area (Å²) in [5.41, 5.74) is 10.1. The fraction of sp³-hybridized carbons (Fsp3) is 0.400. The number of fused-ring (bicyclic) bond motifs is 2. The molecule has 12 nitrogen and oxygen atoms in total. The summed E-state index contributed by atoms with van der Waals surface area (Å²) in [6.07, 6.45) is 3.03. The Morgan fingerprint density at radius 3 is 2.50 bits per heavy atom. The van der Waals surface area contributed by atoms with E-state index in [2.05, 4.69) is 21.3 Å². The summed E-state index contributed by atoms with van der Waals surface area (Å²) in [6, 6.07) is 16.8. The van der Waals surface area contributed by atoms with Crippen molar-refractivity contribution in [3.63, 3.8) is 0 Å². The second-order valence-electron chi connectivity index (χ2n) is 14.8. The number of carbonyl (C=O) groups is 1. The molecule has 284 valence electrons. The van der Waals surface area contributed by atoms with E-state index >= 15 is 0 Å². The van der Waals surface area contributed by atoms with Crippen molar-refractivity contribution in [2.75, 3.05) is 56.7 Å². The summed E-state index contributed by atoms with van der Waals surface area (Å²) in [5.74, 6) is 7.27. The Hall–Kier alpha value is -4.44. The summed E-state index contributed by atoms with van der Waals surface area (Å²) in [6.45, 7) is 7.48. The number of hydrogen-bond acceptors (Lipinski definition) is 13. The second-order valence-corrected chi connectivity index (χ2v) is 16.7. The molecule has 1 aliphatic carbocycles. The van der Waals surface area contributed by atoms with Gasteiger partial charge >= 0.3 is 5.97 Å². The quantitative estimate of drug-likeness (QED) is 0.0350. The van der Waals surface area contributed by atoms with Crippen LogP contribution in [0.5, 0.6) is 11.5 Å². The number of esters is 1. The predicted molar refractivity (Wildman–Crippen MR) is 212 cm³/mol. The van der Waals surface area contributed by atoms with Crippen molar-refractivity contribution in [3.05, 3.63) is 102 Å². The highest BCUT2D eigenvalue weighted by molar-refractivity contribution is 7.12. The Bertz CT molecular complexity index is 2140. The van der Waals surface area contributed by atoms with Crippen molar-refractivity contribution in [1.29, 1.82) is 0 Å². The highest BCUT2D eigenvalue weighted by Crippen LogP contribution is 2.51. The van der Waals surface area contributed by atoms with Gasteiger partial charge in [-0.3, -0.25) is 4.79 Å². The van der Waals surface area contributed by atoms with Crippen LogP contribution in [0.3, 0.4) is 0 Å². The van der Waals surface area contributed by atoms with Crippen molar-refractivity contribution in [2.24, 2.45) is 11.3 Å². The standard InChI is InChI=1S/C40H46N6O6S2/c1-25-7-8-26(29-9-10-33(47)44-34(25)29)11-12-43-22-27-19-30(41)35(37-36(27)50-15-16-51-37)46(42)14-4-13-45-23-39(24-45)20-28(21-39)52-38(48)40(49,31-5-2-17-53-31)32-6-3-18-54-32/h2-3,5-10,17-19,28,43,49H,4,11-16,20-24,41-42H2,1H3,(H,44,47). The number of hydrazine groups is 1. The minimum atomic E-state index is -1.77. The zero-order valence-electron chi connectivity index (χ0n) is 30.3. The van der Waals surface area contributed by atoms with Crippen LogP contribution in [0.2, 0.25) is 0 Å². The summed E-state index contributed by atoms with van der Waals surface area (Å²) in [4.78, 5) is 31.7. The van der Waals surface area contributed by atoms with E-state index in [0.29, 0.717) is 58.9 Å². The Labute approximate surface area is 321 Å². The lowest BCUT2D eigenvalue weighted by molar-refractivity contribution is -0.191. The molecule has 7 N–H and O–H groups in total. The van der Waals surface area contributed by atoms with E-state index in [1.165, 1.54) is 22.7 Å². The number of carbonyl (C=O) groups excluding carboxylic acids is 1. The molecule has 1 saturated heterocycles. The van der Waals surface area contributed by atoms with Crippen molar-refractivity contribution >= 4 is 50.9 Å². The molecule has 0 atom stereocenters.